The average Bonchev–Trinajstić information content (AvgIpc) is 2.38. The zero-order chi connectivity index (χ0) is 12.1. The van der Waals surface area contributed by atoms with Crippen LogP contribution in [0.15, 0.2) is 12.4 Å². The van der Waals surface area contributed by atoms with E-state index in [-0.39, 0.29) is 0 Å². The highest BCUT2D eigenvalue weighted by molar-refractivity contribution is 5.47. The zero-order valence-corrected chi connectivity index (χ0v) is 10.6. The van der Waals surface area contributed by atoms with Crippen LogP contribution in [0.3, 0.4) is 0 Å². The van der Waals surface area contributed by atoms with E-state index in [0.717, 1.165) is 37.2 Å². The van der Waals surface area contributed by atoms with Gasteiger partial charge < -0.3 is 15.5 Å². The fraction of sp³-hybridized carbons (Fsp3) is 0.667. The summed E-state index contributed by atoms with van der Waals surface area (Å²) >= 11 is 0. The number of aromatic nitrogens is 2. The number of hydrogen-bond donors (Lipinski definition) is 2. The van der Waals surface area contributed by atoms with Gasteiger partial charge in [-0.15, -0.1) is 0 Å². The molecule has 0 unspecified atom stereocenters. The van der Waals surface area contributed by atoms with Crippen LogP contribution in [0, 0.1) is 5.92 Å². The van der Waals surface area contributed by atoms with E-state index in [1.165, 1.54) is 12.8 Å². The van der Waals surface area contributed by atoms with Crippen molar-refractivity contribution < 1.29 is 0 Å². The highest BCUT2D eigenvalue weighted by Crippen LogP contribution is 2.15. The summed E-state index contributed by atoms with van der Waals surface area (Å²) in [5.41, 5.74) is 0. The maximum absolute atomic E-state index is 4.24. The summed E-state index contributed by atoms with van der Waals surface area (Å²) in [5, 5.41) is 6.78. The van der Waals surface area contributed by atoms with E-state index in [0.29, 0.717) is 0 Å². The third kappa shape index (κ3) is 3.56. The van der Waals surface area contributed by atoms with Gasteiger partial charge in [-0.3, -0.25) is 0 Å². The molecule has 1 saturated heterocycles. The molecule has 1 fully saturated rings. The lowest BCUT2D eigenvalue weighted by Gasteiger charge is -2.23. The summed E-state index contributed by atoms with van der Waals surface area (Å²) in [6.07, 6.45) is 4.11. The Labute approximate surface area is 103 Å². The van der Waals surface area contributed by atoms with Crippen molar-refractivity contribution in [1.82, 2.24) is 15.3 Å². The molecule has 2 rings (SSSR count). The Hall–Kier alpha value is -1.36. The summed E-state index contributed by atoms with van der Waals surface area (Å²) in [4.78, 5) is 10.4. The van der Waals surface area contributed by atoms with Crippen LogP contribution in [0.5, 0.6) is 0 Å². The van der Waals surface area contributed by atoms with E-state index in [9.17, 15) is 0 Å². The van der Waals surface area contributed by atoms with Crippen molar-refractivity contribution in [2.45, 2.75) is 12.8 Å². The van der Waals surface area contributed by atoms with E-state index in [1.807, 2.05) is 25.1 Å². The van der Waals surface area contributed by atoms with Crippen molar-refractivity contribution in [2.24, 2.45) is 5.92 Å². The number of nitrogens with one attached hydrogen (secondary N) is 2. The fourth-order valence-corrected chi connectivity index (χ4v) is 2.02. The van der Waals surface area contributed by atoms with Gasteiger partial charge >= 0.3 is 0 Å². The first kappa shape index (κ1) is 12.1. The standard InChI is InChI=1S/C12H21N5/c1-17(2)12-7-11(15-9-16-12)14-8-10-3-5-13-6-4-10/h7,9-10,13H,3-6,8H2,1-2H3,(H,14,15,16). The van der Waals surface area contributed by atoms with Gasteiger partial charge in [0, 0.05) is 26.7 Å². The van der Waals surface area contributed by atoms with E-state index in [4.69, 9.17) is 0 Å². The Bertz CT molecular complexity index is 347. The third-order valence-corrected chi connectivity index (χ3v) is 3.14. The monoisotopic (exact) mass is 235 g/mol. The molecule has 0 radical (unpaired) electrons. The lowest BCUT2D eigenvalue weighted by molar-refractivity contribution is 0.389. The molecule has 0 amide bonds. The first-order chi connectivity index (χ1) is 8.25. The smallest absolute Gasteiger partial charge is 0.133 e. The Morgan fingerprint density at radius 3 is 2.82 bits per heavy atom. The number of hydrogen-bond acceptors (Lipinski definition) is 5. The third-order valence-electron chi connectivity index (χ3n) is 3.14. The molecule has 0 atom stereocenters. The van der Waals surface area contributed by atoms with Gasteiger partial charge in [0.2, 0.25) is 0 Å². The van der Waals surface area contributed by atoms with Crippen LogP contribution in [0.25, 0.3) is 0 Å². The molecule has 1 aromatic rings. The Kier molecular flexibility index (Phi) is 4.14. The first-order valence-corrected chi connectivity index (χ1v) is 6.19. The minimum atomic E-state index is 0.758. The molecule has 1 aliphatic rings. The second kappa shape index (κ2) is 5.82. The minimum Gasteiger partial charge on any atom is -0.370 e. The molecular formula is C12H21N5. The molecule has 1 aliphatic heterocycles. The number of anilines is 2. The molecule has 17 heavy (non-hydrogen) atoms. The van der Waals surface area contributed by atoms with Crippen LogP contribution in [-0.2, 0) is 0 Å². The molecule has 1 aromatic heterocycles. The highest BCUT2D eigenvalue weighted by Gasteiger charge is 2.12. The van der Waals surface area contributed by atoms with E-state index >= 15 is 0 Å². The predicted molar refractivity (Wildman–Crippen MR) is 70.4 cm³/mol. The summed E-state index contributed by atoms with van der Waals surface area (Å²) in [7, 11) is 3.97. The van der Waals surface area contributed by atoms with Crippen molar-refractivity contribution in [1.29, 1.82) is 0 Å². The van der Waals surface area contributed by atoms with Crippen LogP contribution in [0.1, 0.15) is 12.8 Å². The van der Waals surface area contributed by atoms with Crippen molar-refractivity contribution in [3.05, 3.63) is 12.4 Å². The molecule has 5 heteroatoms. The van der Waals surface area contributed by atoms with Crippen molar-refractivity contribution in [3.63, 3.8) is 0 Å². The number of nitrogens with zero attached hydrogens (tertiary/aromatic N) is 3. The van der Waals surface area contributed by atoms with Crippen LogP contribution in [0.2, 0.25) is 0 Å². The van der Waals surface area contributed by atoms with Crippen molar-refractivity contribution in [2.75, 3.05) is 43.9 Å². The van der Waals surface area contributed by atoms with Gasteiger partial charge in [0.05, 0.1) is 0 Å². The molecule has 0 bridgehead atoms. The highest BCUT2D eigenvalue weighted by atomic mass is 15.2. The van der Waals surface area contributed by atoms with Gasteiger partial charge in [-0.25, -0.2) is 9.97 Å². The molecular weight excluding hydrogens is 214 g/mol. The van der Waals surface area contributed by atoms with Gasteiger partial charge in [-0.2, -0.15) is 0 Å². The summed E-state index contributed by atoms with van der Waals surface area (Å²) < 4.78 is 0. The Balaban J connectivity index is 1.87. The molecule has 0 aromatic carbocycles. The largest absolute Gasteiger partial charge is 0.370 e. The Morgan fingerprint density at radius 1 is 1.35 bits per heavy atom. The van der Waals surface area contributed by atoms with Crippen LogP contribution in [-0.4, -0.2) is 43.7 Å². The van der Waals surface area contributed by atoms with Gasteiger partial charge in [-0.05, 0) is 31.8 Å². The quantitative estimate of drug-likeness (QED) is 0.814. The van der Waals surface area contributed by atoms with Crippen molar-refractivity contribution in [3.8, 4) is 0 Å². The molecule has 0 spiro atoms. The fourth-order valence-electron chi connectivity index (χ4n) is 2.02. The first-order valence-electron chi connectivity index (χ1n) is 6.19. The van der Waals surface area contributed by atoms with E-state index in [1.54, 1.807) is 6.33 Å². The summed E-state index contributed by atoms with van der Waals surface area (Å²) in [6.45, 7) is 3.28. The van der Waals surface area contributed by atoms with E-state index < -0.39 is 0 Å². The maximum Gasteiger partial charge on any atom is 0.133 e. The molecule has 0 saturated carbocycles. The second-order valence-electron chi connectivity index (χ2n) is 4.73. The second-order valence-corrected chi connectivity index (χ2v) is 4.73. The SMILES string of the molecule is CN(C)c1cc(NCC2CCNCC2)ncn1. The minimum absolute atomic E-state index is 0.758. The van der Waals surface area contributed by atoms with Crippen LogP contribution in [0.4, 0.5) is 11.6 Å². The lowest BCUT2D eigenvalue weighted by atomic mass is 9.98. The maximum atomic E-state index is 4.24. The van der Waals surface area contributed by atoms with Crippen molar-refractivity contribution >= 4 is 11.6 Å². The van der Waals surface area contributed by atoms with Gasteiger partial charge in [-0.1, -0.05) is 0 Å². The lowest BCUT2D eigenvalue weighted by Crippen LogP contribution is -2.31. The van der Waals surface area contributed by atoms with Gasteiger partial charge in [0.15, 0.2) is 0 Å². The molecule has 5 nitrogen and oxygen atoms in total. The summed E-state index contributed by atoms with van der Waals surface area (Å²) in [6, 6.07) is 1.99. The topological polar surface area (TPSA) is 53.1 Å². The number of rotatable bonds is 4. The molecule has 94 valence electrons. The predicted octanol–water partition coefficient (Wildman–Crippen LogP) is 0.954. The zero-order valence-electron chi connectivity index (χ0n) is 10.6. The van der Waals surface area contributed by atoms with Gasteiger partial charge in [0.25, 0.3) is 0 Å². The van der Waals surface area contributed by atoms with Gasteiger partial charge in [0.1, 0.15) is 18.0 Å². The molecule has 0 aliphatic carbocycles. The van der Waals surface area contributed by atoms with Crippen LogP contribution >= 0.6 is 0 Å². The van der Waals surface area contributed by atoms with E-state index in [2.05, 4.69) is 20.6 Å². The summed E-state index contributed by atoms with van der Waals surface area (Å²) in [5.74, 6) is 2.61. The Morgan fingerprint density at radius 2 is 2.12 bits per heavy atom. The average molecular weight is 235 g/mol. The number of piperidine rings is 1. The van der Waals surface area contributed by atoms with Crippen LogP contribution < -0.4 is 15.5 Å². The molecule has 2 heterocycles. The normalized spacial score (nSPS) is 16.8. The molecule has 2 N–H and O–H groups in total.